The maximum Gasteiger partial charge on any atom is 0.290 e. The van der Waals surface area contributed by atoms with Gasteiger partial charge in [-0.05, 0) is 19.4 Å². The lowest BCUT2D eigenvalue weighted by atomic mass is 10.1. The molecule has 1 aromatic rings. The molecule has 0 aliphatic carbocycles. The van der Waals surface area contributed by atoms with Crippen molar-refractivity contribution in [3.63, 3.8) is 0 Å². The van der Waals surface area contributed by atoms with Crippen molar-refractivity contribution in [2.75, 3.05) is 13.1 Å². The SMILES string of the molecule is O=C(NC1CCCCNC1)c1ccno1. The van der Waals surface area contributed by atoms with Crippen LogP contribution in [0.3, 0.4) is 0 Å². The standard InChI is InChI=1S/C10H15N3O2/c14-10(9-4-6-12-15-9)13-8-3-1-2-5-11-7-8/h4,6,8,11H,1-3,5,7H2,(H,13,14). The largest absolute Gasteiger partial charge is 0.351 e. The average Bonchev–Trinajstić information content (AvgIpc) is 2.65. The lowest BCUT2D eigenvalue weighted by Gasteiger charge is -2.14. The smallest absolute Gasteiger partial charge is 0.290 e. The van der Waals surface area contributed by atoms with Crippen LogP contribution in [0.1, 0.15) is 29.8 Å². The molecule has 1 saturated heterocycles. The highest BCUT2D eigenvalue weighted by Crippen LogP contribution is 2.05. The Morgan fingerprint density at radius 1 is 1.60 bits per heavy atom. The lowest BCUT2D eigenvalue weighted by Crippen LogP contribution is -2.40. The number of hydrogen-bond acceptors (Lipinski definition) is 4. The van der Waals surface area contributed by atoms with Gasteiger partial charge in [0.05, 0.1) is 6.20 Å². The van der Waals surface area contributed by atoms with Gasteiger partial charge in [0, 0.05) is 18.7 Å². The third-order valence-electron chi connectivity index (χ3n) is 2.54. The van der Waals surface area contributed by atoms with Gasteiger partial charge in [-0.25, -0.2) is 0 Å². The van der Waals surface area contributed by atoms with Crippen LogP contribution in [0, 0.1) is 0 Å². The number of nitrogens with zero attached hydrogens (tertiary/aromatic N) is 1. The minimum atomic E-state index is -0.179. The van der Waals surface area contributed by atoms with Crippen LogP contribution in [0.25, 0.3) is 0 Å². The summed E-state index contributed by atoms with van der Waals surface area (Å²) in [5.74, 6) is 0.0976. The maximum absolute atomic E-state index is 11.6. The predicted molar refractivity (Wildman–Crippen MR) is 54.5 cm³/mol. The van der Waals surface area contributed by atoms with E-state index in [1.54, 1.807) is 6.07 Å². The van der Waals surface area contributed by atoms with Crippen molar-refractivity contribution in [3.05, 3.63) is 18.0 Å². The fourth-order valence-corrected chi connectivity index (χ4v) is 1.73. The Labute approximate surface area is 88.2 Å². The normalized spacial score (nSPS) is 22.0. The van der Waals surface area contributed by atoms with Gasteiger partial charge in [0.25, 0.3) is 5.91 Å². The molecule has 0 aromatic carbocycles. The van der Waals surface area contributed by atoms with Gasteiger partial charge < -0.3 is 15.2 Å². The van der Waals surface area contributed by atoms with E-state index in [2.05, 4.69) is 15.8 Å². The zero-order valence-corrected chi connectivity index (χ0v) is 8.53. The van der Waals surface area contributed by atoms with E-state index >= 15 is 0 Å². The molecular formula is C10H15N3O2. The Balaban J connectivity index is 1.87. The van der Waals surface area contributed by atoms with Crippen molar-refractivity contribution in [2.45, 2.75) is 25.3 Å². The van der Waals surface area contributed by atoms with E-state index in [0.29, 0.717) is 0 Å². The van der Waals surface area contributed by atoms with Gasteiger partial charge in [0.15, 0.2) is 0 Å². The topological polar surface area (TPSA) is 67.2 Å². The van der Waals surface area contributed by atoms with Crippen LogP contribution in [0.5, 0.6) is 0 Å². The minimum absolute atomic E-state index is 0.179. The Bertz CT molecular complexity index is 302. The Morgan fingerprint density at radius 3 is 3.33 bits per heavy atom. The number of hydrogen-bond donors (Lipinski definition) is 2. The number of carbonyl (C=O) groups excluding carboxylic acids is 1. The van der Waals surface area contributed by atoms with Gasteiger partial charge in [-0.3, -0.25) is 4.79 Å². The number of nitrogens with one attached hydrogen (secondary N) is 2. The average molecular weight is 209 g/mol. The van der Waals surface area contributed by atoms with Crippen LogP contribution in [-0.2, 0) is 0 Å². The van der Waals surface area contributed by atoms with E-state index in [4.69, 9.17) is 4.52 Å². The fourth-order valence-electron chi connectivity index (χ4n) is 1.73. The van der Waals surface area contributed by atoms with Crippen LogP contribution < -0.4 is 10.6 Å². The minimum Gasteiger partial charge on any atom is -0.351 e. The molecule has 2 heterocycles. The molecule has 5 heteroatoms. The second kappa shape index (κ2) is 4.93. The summed E-state index contributed by atoms with van der Waals surface area (Å²) >= 11 is 0. The molecule has 0 radical (unpaired) electrons. The first-order valence-electron chi connectivity index (χ1n) is 5.28. The summed E-state index contributed by atoms with van der Waals surface area (Å²) in [4.78, 5) is 11.6. The molecule has 1 atom stereocenters. The summed E-state index contributed by atoms with van der Waals surface area (Å²) in [6.07, 6.45) is 4.82. The van der Waals surface area contributed by atoms with Crippen molar-refractivity contribution in [1.82, 2.24) is 15.8 Å². The van der Waals surface area contributed by atoms with Crippen LogP contribution in [0.2, 0.25) is 0 Å². The van der Waals surface area contributed by atoms with Crippen molar-refractivity contribution in [1.29, 1.82) is 0 Å². The first-order chi connectivity index (χ1) is 7.36. The highest BCUT2D eigenvalue weighted by molar-refractivity contribution is 5.91. The van der Waals surface area contributed by atoms with E-state index < -0.39 is 0 Å². The summed E-state index contributed by atoms with van der Waals surface area (Å²) in [5, 5.41) is 9.72. The molecule has 0 saturated carbocycles. The van der Waals surface area contributed by atoms with E-state index in [0.717, 1.165) is 25.9 Å². The summed E-state index contributed by atoms with van der Waals surface area (Å²) in [6, 6.07) is 1.77. The quantitative estimate of drug-likeness (QED) is 0.746. The van der Waals surface area contributed by atoms with Gasteiger partial charge in [0.2, 0.25) is 5.76 Å². The second-order valence-corrected chi connectivity index (χ2v) is 3.75. The van der Waals surface area contributed by atoms with Crippen LogP contribution >= 0.6 is 0 Å². The zero-order valence-electron chi connectivity index (χ0n) is 8.53. The van der Waals surface area contributed by atoms with Crippen LogP contribution in [0.4, 0.5) is 0 Å². The van der Waals surface area contributed by atoms with Crippen LogP contribution in [-0.4, -0.2) is 30.2 Å². The lowest BCUT2D eigenvalue weighted by molar-refractivity contribution is 0.0898. The molecule has 0 bridgehead atoms. The number of aromatic nitrogens is 1. The van der Waals surface area contributed by atoms with Gasteiger partial charge in [-0.15, -0.1) is 0 Å². The molecule has 0 spiro atoms. The van der Waals surface area contributed by atoms with Crippen molar-refractivity contribution in [3.8, 4) is 0 Å². The first-order valence-corrected chi connectivity index (χ1v) is 5.28. The molecule has 5 nitrogen and oxygen atoms in total. The third kappa shape index (κ3) is 2.79. The molecule has 2 rings (SSSR count). The maximum atomic E-state index is 11.6. The van der Waals surface area contributed by atoms with Crippen molar-refractivity contribution >= 4 is 5.91 Å². The molecule has 1 aromatic heterocycles. The first kappa shape index (κ1) is 10.2. The summed E-state index contributed by atoms with van der Waals surface area (Å²) < 4.78 is 4.79. The summed E-state index contributed by atoms with van der Waals surface area (Å²) in [6.45, 7) is 1.87. The molecule has 1 fully saturated rings. The molecule has 1 aliphatic heterocycles. The number of carbonyl (C=O) groups is 1. The molecule has 15 heavy (non-hydrogen) atoms. The zero-order chi connectivity index (χ0) is 10.5. The van der Waals surface area contributed by atoms with Gasteiger partial charge in [0.1, 0.15) is 0 Å². The number of amides is 1. The molecule has 82 valence electrons. The Morgan fingerprint density at radius 2 is 2.53 bits per heavy atom. The van der Waals surface area contributed by atoms with Gasteiger partial charge in [-0.2, -0.15) is 0 Å². The molecule has 1 amide bonds. The van der Waals surface area contributed by atoms with E-state index in [9.17, 15) is 4.79 Å². The highest BCUT2D eigenvalue weighted by atomic mass is 16.5. The highest BCUT2D eigenvalue weighted by Gasteiger charge is 2.17. The monoisotopic (exact) mass is 209 g/mol. The molecule has 2 N–H and O–H groups in total. The van der Waals surface area contributed by atoms with Gasteiger partial charge in [-0.1, -0.05) is 11.6 Å². The van der Waals surface area contributed by atoms with E-state index in [1.807, 2.05) is 0 Å². The van der Waals surface area contributed by atoms with Crippen molar-refractivity contribution < 1.29 is 9.32 Å². The van der Waals surface area contributed by atoms with E-state index in [-0.39, 0.29) is 17.7 Å². The third-order valence-corrected chi connectivity index (χ3v) is 2.54. The Kier molecular flexibility index (Phi) is 3.34. The van der Waals surface area contributed by atoms with E-state index in [1.165, 1.54) is 12.6 Å². The summed E-state index contributed by atoms with van der Waals surface area (Å²) in [7, 11) is 0. The van der Waals surface area contributed by atoms with Crippen LogP contribution in [0.15, 0.2) is 16.8 Å². The predicted octanol–water partition coefficient (Wildman–Crippen LogP) is 0.546. The molecule has 1 aliphatic rings. The number of rotatable bonds is 2. The summed E-state index contributed by atoms with van der Waals surface area (Å²) in [5.41, 5.74) is 0. The van der Waals surface area contributed by atoms with Gasteiger partial charge >= 0.3 is 0 Å². The van der Waals surface area contributed by atoms with Crippen molar-refractivity contribution in [2.24, 2.45) is 0 Å². The molecule has 1 unspecified atom stereocenters. The Hall–Kier alpha value is -1.36. The molecular weight excluding hydrogens is 194 g/mol. The second-order valence-electron chi connectivity index (χ2n) is 3.75. The fraction of sp³-hybridized carbons (Fsp3) is 0.600.